The molecule has 1 aromatic rings. The van der Waals surface area contributed by atoms with Gasteiger partial charge in [0.05, 0.1) is 0 Å². The predicted octanol–water partition coefficient (Wildman–Crippen LogP) is -1.22. The predicted molar refractivity (Wildman–Crippen MR) is 63.9 cm³/mol. The summed E-state index contributed by atoms with van der Waals surface area (Å²) < 4.78 is 28.3. The lowest BCUT2D eigenvalue weighted by atomic mass is 10.2. The van der Waals surface area contributed by atoms with Crippen LogP contribution in [0.25, 0.3) is 0 Å². The van der Waals surface area contributed by atoms with Crippen molar-refractivity contribution < 1.29 is 13.2 Å². The molecule has 1 rings (SSSR count). The number of methoxy groups -OCH3 is 1. The normalized spacial score (nSPS) is 13.5. The smallest absolute Gasteiger partial charge is 0.328 e. The molecule has 0 radical (unpaired) electrons. The van der Waals surface area contributed by atoms with Crippen LogP contribution >= 0.6 is 0 Å². The number of primary sulfonamides is 1. The highest BCUT2D eigenvalue weighted by atomic mass is 32.2. The summed E-state index contributed by atoms with van der Waals surface area (Å²) in [5, 5.41) is 4.89. The largest absolute Gasteiger partial charge is 0.385 e. The number of nitrogens with zero attached hydrogens (tertiary/aromatic N) is 1. The fourth-order valence-electron chi connectivity index (χ4n) is 1.42. The zero-order chi connectivity index (χ0) is 13.9. The number of aromatic amines is 1. The summed E-state index contributed by atoms with van der Waals surface area (Å²) in [6.45, 7) is 2.10. The maximum absolute atomic E-state index is 11.6. The number of nitrogens with one attached hydrogen (secondary N) is 1. The van der Waals surface area contributed by atoms with Crippen molar-refractivity contribution in [3.63, 3.8) is 0 Å². The second kappa shape index (κ2) is 5.46. The van der Waals surface area contributed by atoms with Crippen molar-refractivity contribution in [2.45, 2.75) is 24.3 Å². The quantitative estimate of drug-likeness (QED) is 0.698. The first-order chi connectivity index (χ1) is 8.27. The van der Waals surface area contributed by atoms with E-state index in [0.717, 1.165) is 10.8 Å². The van der Waals surface area contributed by atoms with Crippen LogP contribution in [-0.2, 0) is 14.8 Å². The summed E-state index contributed by atoms with van der Waals surface area (Å²) in [5.74, 6) is 0. The van der Waals surface area contributed by atoms with E-state index in [1.54, 1.807) is 6.92 Å². The minimum absolute atomic E-state index is 0.324. The Morgan fingerprint density at radius 1 is 1.50 bits per heavy atom. The maximum Gasteiger partial charge on any atom is 0.328 e. The van der Waals surface area contributed by atoms with Gasteiger partial charge in [-0.05, 0) is 13.3 Å². The van der Waals surface area contributed by atoms with E-state index < -0.39 is 26.2 Å². The van der Waals surface area contributed by atoms with Crippen molar-refractivity contribution in [1.29, 1.82) is 0 Å². The molecule has 102 valence electrons. The van der Waals surface area contributed by atoms with Crippen LogP contribution in [0.2, 0.25) is 0 Å². The highest BCUT2D eigenvalue weighted by Crippen LogP contribution is 2.08. The van der Waals surface area contributed by atoms with Crippen molar-refractivity contribution >= 4 is 10.0 Å². The third-order valence-electron chi connectivity index (χ3n) is 2.46. The Morgan fingerprint density at radius 2 is 2.11 bits per heavy atom. The molecule has 1 aromatic heterocycles. The van der Waals surface area contributed by atoms with Gasteiger partial charge in [-0.3, -0.25) is 14.3 Å². The van der Waals surface area contributed by atoms with Crippen molar-refractivity contribution in [3.05, 3.63) is 27.0 Å². The maximum atomic E-state index is 11.6. The average Bonchev–Trinajstić information content (AvgIpc) is 2.24. The van der Waals surface area contributed by atoms with Crippen molar-refractivity contribution in [3.8, 4) is 0 Å². The number of sulfonamides is 1. The molecule has 0 aliphatic heterocycles. The molecule has 9 heteroatoms. The van der Waals surface area contributed by atoms with Gasteiger partial charge in [-0.2, -0.15) is 0 Å². The van der Waals surface area contributed by atoms with Crippen LogP contribution < -0.4 is 16.4 Å². The number of rotatable bonds is 5. The van der Waals surface area contributed by atoms with Gasteiger partial charge in [-0.15, -0.1) is 0 Å². The Hall–Kier alpha value is -1.45. The Kier molecular flexibility index (Phi) is 4.43. The molecule has 0 bridgehead atoms. The molecule has 0 fully saturated rings. The van der Waals surface area contributed by atoms with Gasteiger partial charge in [0.1, 0.15) is 0 Å². The third kappa shape index (κ3) is 3.28. The van der Waals surface area contributed by atoms with Gasteiger partial charge < -0.3 is 4.74 Å². The Morgan fingerprint density at radius 3 is 2.61 bits per heavy atom. The van der Waals surface area contributed by atoms with E-state index >= 15 is 0 Å². The molecule has 0 amide bonds. The van der Waals surface area contributed by atoms with Gasteiger partial charge in [0.25, 0.3) is 5.56 Å². The van der Waals surface area contributed by atoms with E-state index in [2.05, 4.69) is 0 Å². The summed E-state index contributed by atoms with van der Waals surface area (Å²) >= 11 is 0. The summed E-state index contributed by atoms with van der Waals surface area (Å²) in [6, 6.07) is -0.324. The number of H-pyrrole nitrogens is 1. The summed E-state index contributed by atoms with van der Waals surface area (Å²) in [7, 11) is -2.65. The van der Waals surface area contributed by atoms with Gasteiger partial charge in [0.15, 0.2) is 4.90 Å². The zero-order valence-electron chi connectivity index (χ0n) is 10.0. The number of nitrogens with two attached hydrogens (primary N) is 1. The van der Waals surface area contributed by atoms with Crippen molar-refractivity contribution in [2.75, 3.05) is 13.7 Å². The third-order valence-corrected chi connectivity index (χ3v) is 3.36. The summed E-state index contributed by atoms with van der Waals surface area (Å²) in [4.78, 5) is 24.2. The second-order valence-corrected chi connectivity index (χ2v) is 5.37. The van der Waals surface area contributed by atoms with Gasteiger partial charge in [0, 0.05) is 26.0 Å². The van der Waals surface area contributed by atoms with Gasteiger partial charge in [-0.1, -0.05) is 0 Å². The van der Waals surface area contributed by atoms with Crippen LogP contribution in [0, 0.1) is 0 Å². The van der Waals surface area contributed by atoms with E-state index in [1.165, 1.54) is 7.11 Å². The number of hydrogen-bond acceptors (Lipinski definition) is 5. The molecular weight excluding hydrogens is 262 g/mol. The van der Waals surface area contributed by atoms with E-state index in [4.69, 9.17) is 9.88 Å². The molecule has 3 N–H and O–H groups in total. The highest BCUT2D eigenvalue weighted by Gasteiger charge is 2.17. The standard InChI is InChI=1S/C9H15N3O5S/c1-6(3-4-17-2)12-5-7(18(10,15)16)8(13)11-9(12)14/h5-6H,3-4H2,1-2H3,(H2,10,15,16)(H,11,13,14). The first-order valence-corrected chi connectivity index (χ1v) is 6.69. The van der Waals surface area contributed by atoms with Gasteiger partial charge >= 0.3 is 5.69 Å². The molecule has 8 nitrogen and oxygen atoms in total. The molecule has 0 saturated heterocycles. The second-order valence-electron chi connectivity index (χ2n) is 3.84. The van der Waals surface area contributed by atoms with Gasteiger partial charge in [0.2, 0.25) is 10.0 Å². The SMILES string of the molecule is COCCC(C)n1cc(S(N)(=O)=O)c(=O)[nH]c1=O. The van der Waals surface area contributed by atoms with Crippen molar-refractivity contribution in [1.82, 2.24) is 9.55 Å². The summed E-state index contributed by atoms with van der Waals surface area (Å²) in [6.07, 6.45) is 1.45. The molecule has 0 aliphatic carbocycles. The van der Waals surface area contributed by atoms with E-state index in [0.29, 0.717) is 13.0 Å². The van der Waals surface area contributed by atoms with Gasteiger partial charge in [-0.25, -0.2) is 18.4 Å². The lowest BCUT2D eigenvalue weighted by molar-refractivity contribution is 0.180. The molecule has 0 saturated carbocycles. The first kappa shape index (κ1) is 14.6. The Balaban J connectivity index is 3.30. The number of hydrogen-bond donors (Lipinski definition) is 2. The van der Waals surface area contributed by atoms with E-state index in [1.807, 2.05) is 4.98 Å². The lowest BCUT2D eigenvalue weighted by Crippen LogP contribution is -2.36. The topological polar surface area (TPSA) is 124 Å². The molecule has 1 heterocycles. The molecular formula is C9H15N3O5S. The zero-order valence-corrected chi connectivity index (χ0v) is 10.9. The van der Waals surface area contributed by atoms with Crippen LogP contribution in [0.5, 0.6) is 0 Å². The molecule has 18 heavy (non-hydrogen) atoms. The molecule has 1 unspecified atom stereocenters. The van der Waals surface area contributed by atoms with Crippen LogP contribution in [0.4, 0.5) is 0 Å². The van der Waals surface area contributed by atoms with E-state index in [-0.39, 0.29) is 6.04 Å². The molecule has 0 aromatic carbocycles. The Bertz CT molecular complexity index is 630. The molecule has 1 atom stereocenters. The minimum atomic E-state index is -4.16. The monoisotopic (exact) mass is 277 g/mol. The number of aromatic nitrogens is 2. The molecule has 0 spiro atoms. The fourth-order valence-corrected chi connectivity index (χ4v) is 1.99. The summed E-state index contributed by atoms with van der Waals surface area (Å²) in [5.41, 5.74) is -1.70. The van der Waals surface area contributed by atoms with Crippen LogP contribution in [0.15, 0.2) is 20.7 Å². The van der Waals surface area contributed by atoms with Crippen LogP contribution in [0.3, 0.4) is 0 Å². The minimum Gasteiger partial charge on any atom is -0.385 e. The van der Waals surface area contributed by atoms with E-state index in [9.17, 15) is 18.0 Å². The lowest BCUT2D eigenvalue weighted by Gasteiger charge is -2.14. The first-order valence-electron chi connectivity index (χ1n) is 5.14. The fraction of sp³-hybridized carbons (Fsp3) is 0.556. The Labute approximate surface area is 103 Å². The molecule has 0 aliphatic rings. The van der Waals surface area contributed by atoms with Crippen LogP contribution in [-0.4, -0.2) is 31.7 Å². The average molecular weight is 277 g/mol. The highest BCUT2D eigenvalue weighted by molar-refractivity contribution is 7.89. The number of ether oxygens (including phenoxy) is 1. The van der Waals surface area contributed by atoms with Crippen molar-refractivity contribution in [2.24, 2.45) is 5.14 Å². The van der Waals surface area contributed by atoms with Crippen LogP contribution in [0.1, 0.15) is 19.4 Å².